The summed E-state index contributed by atoms with van der Waals surface area (Å²) in [5, 5.41) is 9.69. The molecular weight excluding hydrogens is 410 g/mol. The average Bonchev–Trinajstić information content (AvgIpc) is 2.78. The third kappa shape index (κ3) is 6.25. The number of carbonyl (C=O) groups is 1. The second-order valence-electron chi connectivity index (χ2n) is 8.62. The van der Waals surface area contributed by atoms with Crippen molar-refractivity contribution in [3.63, 3.8) is 0 Å². The molecule has 3 rings (SSSR count). The normalized spacial score (nSPS) is 14.9. The molecule has 33 heavy (non-hydrogen) atoms. The Morgan fingerprint density at radius 2 is 1.52 bits per heavy atom. The molecule has 174 valence electrons. The number of hydrogen-bond donors (Lipinski definition) is 3. The van der Waals surface area contributed by atoms with Gasteiger partial charge in [-0.05, 0) is 89.2 Å². The lowest BCUT2D eigenvalue weighted by Gasteiger charge is -2.27. The Bertz CT molecular complexity index is 1050. The Morgan fingerprint density at radius 1 is 0.879 bits per heavy atom. The van der Waals surface area contributed by atoms with E-state index in [9.17, 15) is 4.79 Å². The van der Waals surface area contributed by atoms with E-state index in [4.69, 9.17) is 4.99 Å². The number of ketones is 1. The first-order valence-corrected chi connectivity index (χ1v) is 11.6. The van der Waals surface area contributed by atoms with Crippen molar-refractivity contribution in [2.24, 2.45) is 4.99 Å². The van der Waals surface area contributed by atoms with Crippen LogP contribution in [-0.4, -0.2) is 37.2 Å². The predicted octanol–water partition coefficient (Wildman–Crippen LogP) is 5.50. The van der Waals surface area contributed by atoms with Gasteiger partial charge in [0, 0.05) is 48.8 Å². The molecule has 0 spiro atoms. The minimum Gasteiger partial charge on any atom is -0.386 e. The number of rotatable bonds is 9. The summed E-state index contributed by atoms with van der Waals surface area (Å²) in [6.07, 6.45) is 3.39. The summed E-state index contributed by atoms with van der Waals surface area (Å²) < 4.78 is 0. The fourth-order valence-electron chi connectivity index (χ4n) is 3.80. The molecule has 0 saturated heterocycles. The molecule has 0 aromatic heterocycles. The minimum atomic E-state index is -0.0893. The summed E-state index contributed by atoms with van der Waals surface area (Å²) >= 11 is 0. The maximum absolute atomic E-state index is 12.7. The van der Waals surface area contributed by atoms with Crippen LogP contribution >= 0.6 is 0 Å². The van der Waals surface area contributed by atoms with E-state index in [0.717, 1.165) is 23.6 Å². The van der Waals surface area contributed by atoms with Crippen LogP contribution in [0.1, 0.15) is 34.6 Å². The lowest BCUT2D eigenvalue weighted by molar-refractivity contribution is -0.111. The molecule has 0 atom stereocenters. The van der Waals surface area contributed by atoms with Crippen molar-refractivity contribution in [1.29, 1.82) is 0 Å². The van der Waals surface area contributed by atoms with E-state index < -0.39 is 0 Å². The Hall–Kier alpha value is -3.54. The molecule has 1 aliphatic rings. The SMILES string of the molecule is CCN(c1ccc(N=C2C=C(Nc3ccc(NC(C)C)cc3)C(=O)C=C2NC)cc1)C(C)C. The number of nitrogens with zero attached hydrogens (tertiary/aromatic N) is 2. The lowest BCUT2D eigenvalue weighted by Crippen LogP contribution is -2.30. The van der Waals surface area contributed by atoms with E-state index >= 15 is 0 Å². The molecule has 0 fully saturated rings. The zero-order chi connectivity index (χ0) is 24.0. The van der Waals surface area contributed by atoms with Crippen molar-refractivity contribution in [2.75, 3.05) is 29.1 Å². The maximum Gasteiger partial charge on any atom is 0.204 e. The van der Waals surface area contributed by atoms with Gasteiger partial charge in [-0.1, -0.05) is 0 Å². The molecule has 2 aromatic rings. The van der Waals surface area contributed by atoms with Crippen molar-refractivity contribution in [1.82, 2.24) is 5.32 Å². The zero-order valence-electron chi connectivity index (χ0n) is 20.4. The molecule has 6 heteroatoms. The van der Waals surface area contributed by atoms with Crippen molar-refractivity contribution in [2.45, 2.75) is 46.7 Å². The molecule has 1 aliphatic carbocycles. The number of anilines is 3. The van der Waals surface area contributed by atoms with Crippen LogP contribution in [0, 0.1) is 0 Å². The molecular formula is C27H35N5O. The van der Waals surface area contributed by atoms with Gasteiger partial charge in [0.05, 0.1) is 22.8 Å². The maximum atomic E-state index is 12.7. The van der Waals surface area contributed by atoms with Gasteiger partial charge in [0.25, 0.3) is 0 Å². The van der Waals surface area contributed by atoms with Gasteiger partial charge in [-0.15, -0.1) is 0 Å². The van der Waals surface area contributed by atoms with Crippen molar-refractivity contribution in [3.05, 3.63) is 72.1 Å². The van der Waals surface area contributed by atoms with E-state index in [2.05, 4.69) is 67.6 Å². The van der Waals surface area contributed by atoms with Crippen LogP contribution in [0.2, 0.25) is 0 Å². The number of nitrogens with one attached hydrogen (secondary N) is 3. The van der Waals surface area contributed by atoms with E-state index in [1.807, 2.05) is 36.4 Å². The van der Waals surface area contributed by atoms with E-state index in [1.165, 1.54) is 5.69 Å². The highest BCUT2D eigenvalue weighted by Crippen LogP contribution is 2.24. The van der Waals surface area contributed by atoms with Gasteiger partial charge in [-0.25, -0.2) is 4.99 Å². The topological polar surface area (TPSA) is 68.8 Å². The van der Waals surface area contributed by atoms with E-state index in [0.29, 0.717) is 29.2 Å². The monoisotopic (exact) mass is 445 g/mol. The van der Waals surface area contributed by atoms with E-state index in [-0.39, 0.29) is 5.78 Å². The van der Waals surface area contributed by atoms with Gasteiger partial charge in [0.2, 0.25) is 5.78 Å². The second-order valence-corrected chi connectivity index (χ2v) is 8.62. The zero-order valence-corrected chi connectivity index (χ0v) is 20.4. The summed E-state index contributed by atoms with van der Waals surface area (Å²) in [7, 11) is 1.80. The lowest BCUT2D eigenvalue weighted by atomic mass is 10.0. The van der Waals surface area contributed by atoms with Gasteiger partial charge in [-0.2, -0.15) is 0 Å². The molecule has 0 heterocycles. The summed E-state index contributed by atoms with van der Waals surface area (Å²) in [5.74, 6) is -0.0893. The Balaban J connectivity index is 1.83. The Labute approximate surface area is 197 Å². The third-order valence-corrected chi connectivity index (χ3v) is 5.38. The molecule has 3 N–H and O–H groups in total. The third-order valence-electron chi connectivity index (χ3n) is 5.38. The second kappa shape index (κ2) is 10.9. The van der Waals surface area contributed by atoms with Crippen LogP contribution in [0.15, 0.2) is 77.1 Å². The number of hydrogen-bond acceptors (Lipinski definition) is 6. The first-order chi connectivity index (χ1) is 15.8. The standard InChI is InChI=1S/C27H35N5O/c1-7-32(19(4)5)23-14-12-22(13-15-23)30-25-16-26(27(33)17-24(25)28-6)31-21-10-8-20(9-11-21)29-18(2)3/h8-19,28-29,31H,7H2,1-6H3. The van der Waals surface area contributed by atoms with Crippen molar-refractivity contribution >= 4 is 34.2 Å². The van der Waals surface area contributed by atoms with Crippen molar-refractivity contribution in [3.8, 4) is 0 Å². The summed E-state index contributed by atoms with van der Waals surface area (Å²) in [6.45, 7) is 11.7. The van der Waals surface area contributed by atoms with Crippen LogP contribution in [0.25, 0.3) is 0 Å². The molecule has 0 unspecified atom stereocenters. The van der Waals surface area contributed by atoms with Crippen LogP contribution in [-0.2, 0) is 4.79 Å². The van der Waals surface area contributed by atoms with Crippen LogP contribution in [0.5, 0.6) is 0 Å². The summed E-state index contributed by atoms with van der Waals surface area (Å²) in [5.41, 5.74) is 5.80. The van der Waals surface area contributed by atoms with Gasteiger partial charge >= 0.3 is 0 Å². The highest BCUT2D eigenvalue weighted by Gasteiger charge is 2.19. The van der Waals surface area contributed by atoms with Crippen LogP contribution in [0.4, 0.5) is 22.7 Å². The fraction of sp³-hybridized carbons (Fsp3) is 0.333. The smallest absolute Gasteiger partial charge is 0.204 e. The molecule has 0 radical (unpaired) electrons. The molecule has 0 saturated carbocycles. The number of allylic oxidation sites excluding steroid dienone is 2. The van der Waals surface area contributed by atoms with E-state index in [1.54, 1.807) is 19.2 Å². The van der Waals surface area contributed by atoms with Crippen LogP contribution in [0.3, 0.4) is 0 Å². The van der Waals surface area contributed by atoms with Crippen molar-refractivity contribution < 1.29 is 4.79 Å². The first kappa shape index (κ1) is 24.1. The molecule has 0 bridgehead atoms. The predicted molar refractivity (Wildman–Crippen MR) is 141 cm³/mol. The fourth-order valence-corrected chi connectivity index (χ4v) is 3.80. The number of carbonyl (C=O) groups excluding carboxylic acids is 1. The van der Waals surface area contributed by atoms with Gasteiger partial charge in [-0.3, -0.25) is 4.79 Å². The van der Waals surface area contributed by atoms with Gasteiger partial charge in [0.15, 0.2) is 0 Å². The average molecular weight is 446 g/mol. The van der Waals surface area contributed by atoms with Crippen LogP contribution < -0.4 is 20.9 Å². The first-order valence-electron chi connectivity index (χ1n) is 11.6. The number of aliphatic imine (C=N–C) groups is 1. The van der Waals surface area contributed by atoms with Gasteiger partial charge < -0.3 is 20.9 Å². The highest BCUT2D eigenvalue weighted by molar-refractivity contribution is 6.23. The Kier molecular flexibility index (Phi) is 7.93. The summed E-state index contributed by atoms with van der Waals surface area (Å²) in [6, 6.07) is 16.9. The highest BCUT2D eigenvalue weighted by atomic mass is 16.1. The number of benzene rings is 2. The molecule has 0 aliphatic heterocycles. The molecule has 6 nitrogen and oxygen atoms in total. The quantitative estimate of drug-likeness (QED) is 0.445. The molecule has 2 aromatic carbocycles. The summed E-state index contributed by atoms with van der Waals surface area (Å²) in [4.78, 5) is 19.8. The largest absolute Gasteiger partial charge is 0.386 e. The van der Waals surface area contributed by atoms with Gasteiger partial charge in [0.1, 0.15) is 0 Å². The Morgan fingerprint density at radius 3 is 2.06 bits per heavy atom. The molecule has 0 amide bonds. The minimum absolute atomic E-state index is 0.0893.